The first-order valence-corrected chi connectivity index (χ1v) is 15.6. The van der Waals surface area contributed by atoms with Gasteiger partial charge in [-0.3, -0.25) is 14.6 Å². The van der Waals surface area contributed by atoms with E-state index in [9.17, 15) is 31.2 Å². The SMILES string of the molecule is Cc1cc2ccc1CCS(=O)(=O)N1CCC3(CC1)N=C(NC3=O)c1cc(cc(C(F)(F)F)c1)OCCC=CCN(C)C2=O. The molecule has 43 heavy (non-hydrogen) atoms. The van der Waals surface area contributed by atoms with E-state index in [0.29, 0.717) is 18.5 Å². The number of ether oxygens (including phenoxy) is 1. The molecule has 0 atom stereocenters. The van der Waals surface area contributed by atoms with Crippen LogP contribution in [-0.4, -0.2) is 79.9 Å². The molecule has 1 spiro atoms. The lowest BCUT2D eigenvalue weighted by molar-refractivity contribution is -0.137. The molecule has 1 N–H and O–H groups in total. The number of likely N-dealkylation sites (N-methyl/N-ethyl adjacent to an activating group) is 1. The number of nitrogens with one attached hydrogen (secondary N) is 1. The zero-order chi connectivity index (χ0) is 31.0. The second kappa shape index (κ2) is 11.8. The lowest BCUT2D eigenvalue weighted by Gasteiger charge is -2.34. The Morgan fingerprint density at radius 3 is 2.47 bits per heavy atom. The molecule has 0 saturated carbocycles. The highest BCUT2D eigenvalue weighted by atomic mass is 32.2. The van der Waals surface area contributed by atoms with Gasteiger partial charge in [0.2, 0.25) is 10.0 Å². The summed E-state index contributed by atoms with van der Waals surface area (Å²) < 4.78 is 74.6. The van der Waals surface area contributed by atoms with Gasteiger partial charge in [0.05, 0.1) is 17.9 Å². The molecule has 9 nitrogen and oxygen atoms in total. The molecule has 0 radical (unpaired) electrons. The number of aliphatic imine (C=N–C) groups is 1. The lowest BCUT2D eigenvalue weighted by Crippen LogP contribution is -2.50. The molecule has 5 aliphatic heterocycles. The van der Waals surface area contributed by atoms with E-state index >= 15 is 0 Å². The van der Waals surface area contributed by atoms with Crippen LogP contribution in [0.15, 0.2) is 53.5 Å². The van der Waals surface area contributed by atoms with Crippen molar-refractivity contribution >= 4 is 27.7 Å². The lowest BCUT2D eigenvalue weighted by atomic mass is 9.89. The number of aryl methyl sites for hydroxylation is 2. The number of nitrogens with zero attached hydrogens (tertiary/aromatic N) is 3. The predicted molar refractivity (Wildman–Crippen MR) is 155 cm³/mol. The number of halogens is 3. The molecule has 7 rings (SSSR count). The van der Waals surface area contributed by atoms with E-state index in [1.807, 2.05) is 6.92 Å². The van der Waals surface area contributed by atoms with Crippen molar-refractivity contribution < 1.29 is 35.9 Å². The van der Waals surface area contributed by atoms with Gasteiger partial charge in [-0.2, -0.15) is 13.2 Å². The number of amidine groups is 1. The predicted octanol–water partition coefficient (Wildman–Crippen LogP) is 3.71. The topological polar surface area (TPSA) is 108 Å². The van der Waals surface area contributed by atoms with Crippen LogP contribution in [0.25, 0.3) is 0 Å². The maximum absolute atomic E-state index is 13.7. The van der Waals surface area contributed by atoms with E-state index in [1.54, 1.807) is 37.4 Å². The van der Waals surface area contributed by atoms with E-state index < -0.39 is 33.2 Å². The highest BCUT2D eigenvalue weighted by molar-refractivity contribution is 7.89. The summed E-state index contributed by atoms with van der Waals surface area (Å²) in [5, 5.41) is 2.62. The number of alkyl halides is 3. The van der Waals surface area contributed by atoms with Crippen molar-refractivity contribution in [1.29, 1.82) is 0 Å². The maximum atomic E-state index is 13.7. The summed E-state index contributed by atoms with van der Waals surface area (Å²) in [7, 11) is -2.02. The Hall–Kier alpha value is -3.71. The fraction of sp³-hybridized carbons (Fsp3) is 0.433. The van der Waals surface area contributed by atoms with Crippen LogP contribution >= 0.6 is 0 Å². The molecule has 230 valence electrons. The van der Waals surface area contributed by atoms with Crippen molar-refractivity contribution in [3.05, 3.63) is 76.4 Å². The smallest absolute Gasteiger partial charge is 0.416 e. The Morgan fingerprint density at radius 1 is 1.02 bits per heavy atom. The molecule has 1 fully saturated rings. The van der Waals surface area contributed by atoms with Gasteiger partial charge >= 0.3 is 6.18 Å². The van der Waals surface area contributed by atoms with Crippen LogP contribution < -0.4 is 10.1 Å². The molecule has 2 aromatic carbocycles. The zero-order valence-corrected chi connectivity index (χ0v) is 24.7. The molecule has 5 heterocycles. The molecule has 1 saturated heterocycles. The van der Waals surface area contributed by atoms with Gasteiger partial charge in [0.1, 0.15) is 17.1 Å². The Balaban J connectivity index is 1.46. The monoisotopic (exact) mass is 618 g/mol. The van der Waals surface area contributed by atoms with Gasteiger partial charge in [-0.05, 0) is 74.1 Å². The van der Waals surface area contributed by atoms with Crippen molar-refractivity contribution in [3.63, 3.8) is 0 Å². The first-order valence-electron chi connectivity index (χ1n) is 14.0. The molecular formula is C30H33F3N4O5S. The highest BCUT2D eigenvalue weighted by Gasteiger charge is 2.47. The van der Waals surface area contributed by atoms with Gasteiger partial charge in [0, 0.05) is 37.8 Å². The number of sulfonamides is 1. The minimum atomic E-state index is -4.66. The second-order valence-electron chi connectivity index (χ2n) is 11.1. The third-order valence-corrected chi connectivity index (χ3v) is 9.97. The summed E-state index contributed by atoms with van der Waals surface area (Å²) in [6.07, 6.45) is -0.266. The molecule has 0 aromatic heterocycles. The van der Waals surface area contributed by atoms with Gasteiger partial charge in [-0.1, -0.05) is 18.2 Å². The Morgan fingerprint density at radius 2 is 1.77 bits per heavy atom. The third kappa shape index (κ3) is 6.62. The number of carbonyl (C=O) groups excluding carboxylic acids is 2. The number of hydrogen-bond donors (Lipinski definition) is 1. The summed E-state index contributed by atoms with van der Waals surface area (Å²) in [5.74, 6) is -0.842. The van der Waals surface area contributed by atoms with Crippen molar-refractivity contribution in [3.8, 4) is 5.75 Å². The van der Waals surface area contributed by atoms with Gasteiger partial charge in [0.15, 0.2) is 0 Å². The third-order valence-electron chi connectivity index (χ3n) is 8.10. The number of hydrogen-bond acceptors (Lipinski definition) is 6. The number of rotatable bonds is 0. The molecule has 2 aromatic rings. The van der Waals surface area contributed by atoms with E-state index in [4.69, 9.17) is 4.74 Å². The average Bonchev–Trinajstić information content (AvgIpc) is 3.27. The quantitative estimate of drug-likeness (QED) is 0.453. The van der Waals surface area contributed by atoms with Crippen LogP contribution in [0, 0.1) is 6.92 Å². The molecule has 7 bridgehead atoms. The van der Waals surface area contributed by atoms with E-state index in [1.165, 1.54) is 15.3 Å². The minimum Gasteiger partial charge on any atom is -0.493 e. The number of piperidine rings is 1. The maximum Gasteiger partial charge on any atom is 0.416 e. The summed E-state index contributed by atoms with van der Waals surface area (Å²) in [6.45, 7) is 2.34. The fourth-order valence-electron chi connectivity index (χ4n) is 5.49. The van der Waals surface area contributed by atoms with Gasteiger partial charge < -0.3 is 15.0 Å². The molecular weight excluding hydrogens is 585 g/mol. The Kier molecular flexibility index (Phi) is 8.41. The summed E-state index contributed by atoms with van der Waals surface area (Å²) in [4.78, 5) is 32.1. The van der Waals surface area contributed by atoms with Crippen LogP contribution in [0.5, 0.6) is 5.75 Å². The molecule has 5 aliphatic rings. The van der Waals surface area contributed by atoms with Crippen LogP contribution in [-0.2, 0) is 27.4 Å². The van der Waals surface area contributed by atoms with E-state index in [0.717, 1.165) is 23.3 Å². The van der Waals surface area contributed by atoms with Crippen molar-refractivity contribution in [2.75, 3.05) is 39.0 Å². The van der Waals surface area contributed by atoms with Crippen LogP contribution in [0.2, 0.25) is 0 Å². The average molecular weight is 619 g/mol. The largest absolute Gasteiger partial charge is 0.493 e. The van der Waals surface area contributed by atoms with Crippen molar-refractivity contribution in [2.45, 2.75) is 44.3 Å². The van der Waals surface area contributed by atoms with Crippen LogP contribution in [0.3, 0.4) is 0 Å². The van der Waals surface area contributed by atoms with Crippen molar-refractivity contribution in [2.24, 2.45) is 4.99 Å². The highest BCUT2D eigenvalue weighted by Crippen LogP contribution is 2.36. The standard InChI is InChI=1S/C30H33F3N4O5S/c1-20-16-22-7-6-21(20)8-15-43(40,41)37-12-9-29(10-13-37)28(39)34-26(35-29)23-17-24(30(31,32)33)19-25(18-23)42-14-5-3-4-11-36(2)27(22)38/h3-4,6-7,16-19H,5,8-15H2,1-2H3,(H,34,35,39). The molecule has 0 aliphatic carbocycles. The number of benzene rings is 2. The van der Waals surface area contributed by atoms with Crippen LogP contribution in [0.1, 0.15) is 51.9 Å². The molecule has 0 unspecified atom stereocenters. The van der Waals surface area contributed by atoms with Gasteiger partial charge in [-0.25, -0.2) is 12.7 Å². The Bertz CT molecular complexity index is 1600. The minimum absolute atomic E-state index is 0.00163. The van der Waals surface area contributed by atoms with Gasteiger partial charge in [0.25, 0.3) is 11.8 Å². The summed E-state index contributed by atoms with van der Waals surface area (Å²) >= 11 is 0. The summed E-state index contributed by atoms with van der Waals surface area (Å²) in [6, 6.07) is 8.42. The molecule has 2 amide bonds. The Labute approximate surface area is 248 Å². The fourth-order valence-corrected chi connectivity index (χ4v) is 6.96. The molecule has 13 heteroatoms. The second-order valence-corrected chi connectivity index (χ2v) is 13.2. The number of carbonyl (C=O) groups is 2. The van der Waals surface area contributed by atoms with Gasteiger partial charge in [-0.15, -0.1) is 0 Å². The number of fused-ring (bicyclic) bond motifs is 2. The first-order chi connectivity index (χ1) is 20.3. The van der Waals surface area contributed by atoms with E-state index in [2.05, 4.69) is 10.3 Å². The van der Waals surface area contributed by atoms with Crippen molar-refractivity contribution in [1.82, 2.24) is 14.5 Å². The normalized spacial score (nSPS) is 24.7. The summed E-state index contributed by atoms with van der Waals surface area (Å²) in [5.41, 5.74) is -0.0445. The van der Waals surface area contributed by atoms with Crippen LogP contribution in [0.4, 0.5) is 13.2 Å². The first kappa shape index (κ1) is 30.7. The number of amides is 2. The zero-order valence-electron chi connectivity index (χ0n) is 23.9. The van der Waals surface area contributed by atoms with E-state index in [-0.39, 0.29) is 67.8 Å².